The summed E-state index contributed by atoms with van der Waals surface area (Å²) in [4.78, 5) is 25.8. The van der Waals surface area contributed by atoms with E-state index in [-0.39, 0.29) is 11.9 Å². The number of amides is 2. The van der Waals surface area contributed by atoms with E-state index in [0.717, 1.165) is 23.4 Å². The van der Waals surface area contributed by atoms with Crippen molar-refractivity contribution >= 4 is 17.5 Å². The Labute approximate surface area is 207 Å². The number of nitrogens with one attached hydrogen (secondary N) is 1. The molecule has 2 aromatic carbocycles. The number of halogens is 3. The van der Waals surface area contributed by atoms with E-state index in [1.54, 1.807) is 42.3 Å². The average Bonchev–Trinajstić information content (AvgIpc) is 2.88. The van der Waals surface area contributed by atoms with Crippen molar-refractivity contribution in [3.8, 4) is 17.1 Å². The van der Waals surface area contributed by atoms with Crippen molar-refractivity contribution in [3.05, 3.63) is 65.4 Å². The van der Waals surface area contributed by atoms with Crippen molar-refractivity contribution in [2.75, 3.05) is 43.5 Å². The molecule has 0 saturated carbocycles. The summed E-state index contributed by atoms with van der Waals surface area (Å²) in [5.74, 6) is 1.61. The molecule has 1 aliphatic heterocycles. The molecule has 1 saturated heterocycles. The molecule has 0 aliphatic carbocycles. The number of hydrogen-bond acceptors (Lipinski definition) is 5. The van der Waals surface area contributed by atoms with E-state index in [1.807, 2.05) is 13.8 Å². The van der Waals surface area contributed by atoms with Gasteiger partial charge in [0.05, 0.1) is 12.7 Å². The van der Waals surface area contributed by atoms with Crippen LogP contribution in [0.2, 0.25) is 0 Å². The highest BCUT2D eigenvalue weighted by Crippen LogP contribution is 2.33. The molecule has 10 heteroatoms. The number of nitrogens with zero attached hydrogens (tertiary/aromatic N) is 4. The van der Waals surface area contributed by atoms with Gasteiger partial charge in [-0.3, -0.25) is 0 Å². The lowest BCUT2D eigenvalue weighted by Gasteiger charge is -2.36. The first kappa shape index (κ1) is 25.3. The van der Waals surface area contributed by atoms with Crippen molar-refractivity contribution in [2.45, 2.75) is 26.4 Å². The first-order chi connectivity index (χ1) is 17.2. The molecule has 1 aromatic heterocycles. The van der Waals surface area contributed by atoms with Gasteiger partial charge in [0, 0.05) is 54.8 Å². The topological polar surface area (TPSA) is 70.6 Å². The van der Waals surface area contributed by atoms with Crippen molar-refractivity contribution in [1.82, 2.24) is 14.9 Å². The van der Waals surface area contributed by atoms with Gasteiger partial charge >= 0.3 is 12.2 Å². The van der Waals surface area contributed by atoms with Gasteiger partial charge in [0.15, 0.2) is 5.82 Å². The first-order valence-electron chi connectivity index (χ1n) is 11.7. The number of piperazine rings is 1. The standard InChI is InChI=1S/C26H28F3N5O2/c1-4-22-17(2)30-23(18-7-5-8-19(15-18)26(27,28)29)32-24(22)33-11-13-34(14-12-33)25(35)31-20-9-6-10-21(16-20)36-3/h5-10,15-16H,4,11-14H2,1-3H3,(H,31,35). The summed E-state index contributed by atoms with van der Waals surface area (Å²) < 4.78 is 44.9. The van der Waals surface area contributed by atoms with Gasteiger partial charge in [0.2, 0.25) is 0 Å². The van der Waals surface area contributed by atoms with Crippen LogP contribution in [0.15, 0.2) is 48.5 Å². The summed E-state index contributed by atoms with van der Waals surface area (Å²) in [7, 11) is 1.57. The van der Waals surface area contributed by atoms with Crippen LogP contribution in [0.3, 0.4) is 0 Å². The second kappa shape index (κ2) is 10.4. The van der Waals surface area contributed by atoms with Gasteiger partial charge in [0.1, 0.15) is 11.6 Å². The van der Waals surface area contributed by atoms with E-state index < -0.39 is 11.7 Å². The van der Waals surface area contributed by atoms with Gasteiger partial charge in [-0.05, 0) is 37.6 Å². The van der Waals surface area contributed by atoms with E-state index in [4.69, 9.17) is 9.72 Å². The number of alkyl halides is 3. The van der Waals surface area contributed by atoms with Crippen LogP contribution in [0.1, 0.15) is 23.7 Å². The van der Waals surface area contributed by atoms with Gasteiger partial charge in [-0.2, -0.15) is 13.2 Å². The average molecular weight is 500 g/mol. The van der Waals surface area contributed by atoms with Crippen molar-refractivity contribution < 1.29 is 22.7 Å². The number of benzene rings is 2. The van der Waals surface area contributed by atoms with E-state index >= 15 is 0 Å². The van der Waals surface area contributed by atoms with Gasteiger partial charge in [-0.1, -0.05) is 25.1 Å². The van der Waals surface area contributed by atoms with E-state index in [1.165, 1.54) is 6.07 Å². The molecule has 1 aliphatic rings. The second-order valence-corrected chi connectivity index (χ2v) is 8.50. The summed E-state index contributed by atoms with van der Waals surface area (Å²) >= 11 is 0. The summed E-state index contributed by atoms with van der Waals surface area (Å²) in [5, 5.41) is 2.89. The molecule has 2 amide bonds. The predicted molar refractivity (Wildman–Crippen MR) is 132 cm³/mol. The number of rotatable bonds is 5. The fourth-order valence-electron chi connectivity index (χ4n) is 4.24. The maximum absolute atomic E-state index is 13.2. The highest BCUT2D eigenvalue weighted by atomic mass is 19.4. The summed E-state index contributed by atoms with van der Waals surface area (Å²) in [5.41, 5.74) is 1.89. The van der Waals surface area contributed by atoms with Gasteiger partial charge in [0.25, 0.3) is 0 Å². The minimum Gasteiger partial charge on any atom is -0.497 e. The Hall–Kier alpha value is -3.82. The van der Waals surface area contributed by atoms with Crippen LogP contribution >= 0.6 is 0 Å². The van der Waals surface area contributed by atoms with Gasteiger partial charge in [-0.15, -0.1) is 0 Å². The third kappa shape index (κ3) is 5.53. The number of methoxy groups -OCH3 is 1. The highest BCUT2D eigenvalue weighted by Gasteiger charge is 2.31. The van der Waals surface area contributed by atoms with Gasteiger partial charge < -0.3 is 19.9 Å². The number of carbonyl (C=O) groups excluding carboxylic acids is 1. The molecule has 2 heterocycles. The molecule has 0 atom stereocenters. The SMILES string of the molecule is CCc1c(C)nc(-c2cccc(C(F)(F)F)c2)nc1N1CCN(C(=O)Nc2cccc(OC)c2)CC1. The van der Waals surface area contributed by atoms with Crippen LogP contribution in [0.4, 0.5) is 29.5 Å². The van der Waals surface area contributed by atoms with Crippen LogP contribution in [0, 0.1) is 6.92 Å². The Morgan fingerprint density at radius 1 is 1.06 bits per heavy atom. The molecule has 0 bridgehead atoms. The molecular weight excluding hydrogens is 471 g/mol. The number of urea groups is 1. The molecule has 190 valence electrons. The molecule has 0 unspecified atom stereocenters. The van der Waals surface area contributed by atoms with E-state index in [9.17, 15) is 18.0 Å². The normalized spacial score (nSPS) is 14.1. The van der Waals surface area contributed by atoms with E-state index in [0.29, 0.717) is 55.4 Å². The number of aryl methyl sites for hydroxylation is 1. The summed E-state index contributed by atoms with van der Waals surface area (Å²) in [6.07, 6.45) is -3.76. The van der Waals surface area contributed by atoms with Crippen molar-refractivity contribution in [3.63, 3.8) is 0 Å². The number of anilines is 2. The number of hydrogen-bond donors (Lipinski definition) is 1. The van der Waals surface area contributed by atoms with E-state index in [2.05, 4.69) is 15.2 Å². The zero-order valence-corrected chi connectivity index (χ0v) is 20.4. The van der Waals surface area contributed by atoms with Crippen LogP contribution < -0.4 is 15.0 Å². The Morgan fingerprint density at radius 3 is 2.44 bits per heavy atom. The molecule has 1 fully saturated rings. The number of carbonyl (C=O) groups is 1. The molecule has 36 heavy (non-hydrogen) atoms. The molecule has 3 aromatic rings. The Kier molecular flexibility index (Phi) is 7.32. The Bertz CT molecular complexity index is 1240. The third-order valence-corrected chi connectivity index (χ3v) is 6.18. The quantitative estimate of drug-likeness (QED) is 0.509. The maximum atomic E-state index is 13.2. The fourth-order valence-corrected chi connectivity index (χ4v) is 4.24. The molecule has 7 nitrogen and oxygen atoms in total. The lowest BCUT2D eigenvalue weighted by atomic mass is 10.1. The summed E-state index contributed by atoms with van der Waals surface area (Å²) in [6, 6.07) is 12.0. The third-order valence-electron chi connectivity index (χ3n) is 6.18. The minimum atomic E-state index is -4.45. The first-order valence-corrected chi connectivity index (χ1v) is 11.7. The van der Waals surface area contributed by atoms with Crippen LogP contribution in [-0.4, -0.2) is 54.2 Å². The molecule has 0 radical (unpaired) electrons. The van der Waals surface area contributed by atoms with Gasteiger partial charge in [-0.25, -0.2) is 14.8 Å². The van der Waals surface area contributed by atoms with Crippen LogP contribution in [0.5, 0.6) is 5.75 Å². The predicted octanol–water partition coefficient (Wildman–Crippen LogP) is 5.40. The maximum Gasteiger partial charge on any atom is 0.416 e. The Morgan fingerprint density at radius 2 is 1.78 bits per heavy atom. The summed E-state index contributed by atoms with van der Waals surface area (Å²) in [6.45, 7) is 5.87. The lowest BCUT2D eigenvalue weighted by molar-refractivity contribution is -0.137. The second-order valence-electron chi connectivity index (χ2n) is 8.50. The van der Waals surface area contributed by atoms with Crippen molar-refractivity contribution in [1.29, 1.82) is 0 Å². The molecular formula is C26H28F3N5O2. The highest BCUT2D eigenvalue weighted by molar-refractivity contribution is 5.89. The molecule has 1 N–H and O–H groups in total. The van der Waals surface area contributed by atoms with Crippen LogP contribution in [0.25, 0.3) is 11.4 Å². The largest absolute Gasteiger partial charge is 0.497 e. The molecule has 4 rings (SSSR count). The number of ether oxygens (including phenoxy) is 1. The van der Waals surface area contributed by atoms with Crippen LogP contribution in [-0.2, 0) is 12.6 Å². The fraction of sp³-hybridized carbons (Fsp3) is 0.346. The van der Waals surface area contributed by atoms with Crippen molar-refractivity contribution in [2.24, 2.45) is 0 Å². The zero-order chi connectivity index (χ0) is 25.9. The monoisotopic (exact) mass is 499 g/mol. The number of aromatic nitrogens is 2. The zero-order valence-electron chi connectivity index (χ0n) is 20.4. The lowest BCUT2D eigenvalue weighted by Crippen LogP contribution is -2.50. The Balaban J connectivity index is 1.52. The minimum absolute atomic E-state index is 0.206. The molecule has 0 spiro atoms. The smallest absolute Gasteiger partial charge is 0.416 e.